The molecule has 0 saturated carbocycles. The number of ether oxygens (including phenoxy) is 2. The zero-order chi connectivity index (χ0) is 19.4. The van der Waals surface area contributed by atoms with Gasteiger partial charge in [0.1, 0.15) is 11.6 Å². The van der Waals surface area contributed by atoms with Gasteiger partial charge in [0.2, 0.25) is 10.0 Å². The van der Waals surface area contributed by atoms with Crippen LogP contribution in [-0.4, -0.2) is 45.5 Å². The van der Waals surface area contributed by atoms with Crippen molar-refractivity contribution < 1.29 is 22.3 Å². The molecule has 146 valence electrons. The van der Waals surface area contributed by atoms with E-state index in [0.29, 0.717) is 41.7 Å². The number of halogens is 2. The molecular weight excluding hydrogens is 395 g/mol. The molecule has 3 rings (SSSR count). The fraction of sp³-hybridized carbons (Fsp3) is 0.389. The predicted molar refractivity (Wildman–Crippen MR) is 101 cm³/mol. The first-order chi connectivity index (χ1) is 12.8. The summed E-state index contributed by atoms with van der Waals surface area (Å²) in [5.41, 5.74) is 0.818. The normalized spacial score (nSPS) is 20.4. The van der Waals surface area contributed by atoms with Gasteiger partial charge in [-0.05, 0) is 30.7 Å². The predicted octanol–water partition coefficient (Wildman–Crippen LogP) is 2.87. The number of aromatic nitrogens is 1. The molecule has 0 bridgehead atoms. The van der Waals surface area contributed by atoms with Crippen LogP contribution in [0.5, 0.6) is 5.75 Å². The molecule has 0 amide bonds. The molecule has 1 aromatic carbocycles. The molecule has 2 atom stereocenters. The van der Waals surface area contributed by atoms with Crippen molar-refractivity contribution in [2.24, 2.45) is 5.92 Å². The van der Waals surface area contributed by atoms with Gasteiger partial charge in [0.25, 0.3) is 0 Å². The molecule has 2 aromatic rings. The maximum atomic E-state index is 14.4. The molecule has 1 aliphatic heterocycles. The van der Waals surface area contributed by atoms with Gasteiger partial charge in [-0.1, -0.05) is 11.6 Å². The van der Waals surface area contributed by atoms with Crippen LogP contribution in [-0.2, 0) is 14.8 Å². The van der Waals surface area contributed by atoms with Crippen LogP contribution in [0.1, 0.15) is 6.42 Å². The third kappa shape index (κ3) is 5.62. The van der Waals surface area contributed by atoms with Crippen LogP contribution >= 0.6 is 11.6 Å². The second-order valence-corrected chi connectivity index (χ2v) is 8.65. The van der Waals surface area contributed by atoms with Crippen molar-refractivity contribution >= 4 is 21.6 Å². The highest BCUT2D eigenvalue weighted by molar-refractivity contribution is 7.88. The van der Waals surface area contributed by atoms with Gasteiger partial charge in [-0.25, -0.2) is 17.5 Å². The Kier molecular flexibility index (Phi) is 6.31. The van der Waals surface area contributed by atoms with Crippen LogP contribution in [0.15, 0.2) is 36.5 Å². The van der Waals surface area contributed by atoms with E-state index in [1.54, 1.807) is 24.3 Å². The minimum Gasteiger partial charge on any atom is -0.493 e. The highest BCUT2D eigenvalue weighted by Gasteiger charge is 2.28. The maximum Gasteiger partial charge on any atom is 0.208 e. The Labute approximate surface area is 162 Å². The van der Waals surface area contributed by atoms with Crippen molar-refractivity contribution in [1.29, 1.82) is 0 Å². The first-order valence-corrected chi connectivity index (χ1v) is 10.7. The van der Waals surface area contributed by atoms with E-state index < -0.39 is 15.8 Å². The molecular formula is C18H20ClFN2O4S. The highest BCUT2D eigenvalue weighted by atomic mass is 35.5. The molecule has 6 nitrogen and oxygen atoms in total. The highest BCUT2D eigenvalue weighted by Crippen LogP contribution is 2.26. The SMILES string of the molecule is CS(=O)(=O)N[C@@H]1CCOC[C@H]1COc1ccc(-c2ccc(Cl)cn2)c(F)c1. The van der Waals surface area contributed by atoms with Crippen LogP contribution < -0.4 is 9.46 Å². The van der Waals surface area contributed by atoms with E-state index in [0.717, 1.165) is 6.26 Å². The number of pyridine rings is 1. The summed E-state index contributed by atoms with van der Waals surface area (Å²) in [7, 11) is -3.32. The minimum atomic E-state index is -3.32. The Morgan fingerprint density at radius 2 is 2.19 bits per heavy atom. The number of nitrogens with zero attached hydrogens (tertiary/aromatic N) is 1. The summed E-state index contributed by atoms with van der Waals surface area (Å²) < 4.78 is 51.1. The zero-order valence-electron chi connectivity index (χ0n) is 14.7. The standard InChI is InChI=1S/C18H20ClFN2O4S/c1-27(23,24)22-17-6-7-25-10-12(17)11-26-14-3-4-15(16(20)8-14)18-5-2-13(19)9-21-18/h2-5,8-9,12,17,22H,6-7,10-11H2,1H3/t12-,17+/m0/s1. The Hall–Kier alpha value is -1.74. The summed E-state index contributed by atoms with van der Waals surface area (Å²) in [6, 6.07) is 7.54. The molecule has 9 heteroatoms. The van der Waals surface area contributed by atoms with Crippen molar-refractivity contribution in [3.05, 3.63) is 47.4 Å². The molecule has 2 heterocycles. The number of hydrogen-bond donors (Lipinski definition) is 1. The Balaban J connectivity index is 1.67. The lowest BCUT2D eigenvalue weighted by molar-refractivity contribution is 0.0186. The number of nitrogens with one attached hydrogen (secondary N) is 1. The van der Waals surface area contributed by atoms with Gasteiger partial charge in [0.05, 0.1) is 30.2 Å². The minimum absolute atomic E-state index is 0.158. The Bertz CT molecular complexity index is 893. The van der Waals surface area contributed by atoms with E-state index in [4.69, 9.17) is 21.1 Å². The maximum absolute atomic E-state index is 14.4. The van der Waals surface area contributed by atoms with Crippen LogP contribution in [0, 0.1) is 11.7 Å². The Morgan fingerprint density at radius 1 is 1.37 bits per heavy atom. The van der Waals surface area contributed by atoms with Crippen molar-refractivity contribution in [3.8, 4) is 17.0 Å². The molecule has 1 aliphatic rings. The molecule has 1 fully saturated rings. The van der Waals surface area contributed by atoms with Gasteiger partial charge >= 0.3 is 0 Å². The van der Waals surface area contributed by atoms with Crippen LogP contribution in [0.2, 0.25) is 5.02 Å². The molecule has 1 aromatic heterocycles. The smallest absolute Gasteiger partial charge is 0.208 e. The molecule has 0 unspecified atom stereocenters. The van der Waals surface area contributed by atoms with Crippen LogP contribution in [0.3, 0.4) is 0 Å². The van der Waals surface area contributed by atoms with Crippen molar-refractivity contribution in [2.45, 2.75) is 12.5 Å². The second-order valence-electron chi connectivity index (χ2n) is 6.43. The fourth-order valence-electron chi connectivity index (χ4n) is 2.92. The van der Waals surface area contributed by atoms with Crippen molar-refractivity contribution in [2.75, 3.05) is 26.1 Å². The van der Waals surface area contributed by atoms with E-state index >= 15 is 0 Å². The summed E-state index contributed by atoms with van der Waals surface area (Å²) >= 11 is 5.80. The summed E-state index contributed by atoms with van der Waals surface area (Å²) in [6.45, 7) is 1.08. The first-order valence-electron chi connectivity index (χ1n) is 8.41. The third-order valence-electron chi connectivity index (χ3n) is 4.25. The number of hydrogen-bond acceptors (Lipinski definition) is 5. The molecule has 0 radical (unpaired) electrons. The summed E-state index contributed by atoms with van der Waals surface area (Å²) in [5, 5.41) is 0.478. The lowest BCUT2D eigenvalue weighted by Crippen LogP contribution is -2.47. The van der Waals surface area contributed by atoms with Gasteiger partial charge in [-0.15, -0.1) is 0 Å². The van der Waals surface area contributed by atoms with Crippen LogP contribution in [0.4, 0.5) is 4.39 Å². The number of rotatable bonds is 6. The monoisotopic (exact) mass is 414 g/mol. The largest absolute Gasteiger partial charge is 0.493 e. The molecule has 1 N–H and O–H groups in total. The average molecular weight is 415 g/mol. The lowest BCUT2D eigenvalue weighted by atomic mass is 9.98. The molecule has 0 spiro atoms. The first kappa shape index (κ1) is 20.0. The van der Waals surface area contributed by atoms with Gasteiger partial charge in [0.15, 0.2) is 0 Å². The van der Waals surface area contributed by atoms with Gasteiger partial charge in [-0.2, -0.15) is 0 Å². The van der Waals surface area contributed by atoms with Gasteiger partial charge < -0.3 is 9.47 Å². The van der Waals surface area contributed by atoms with Crippen molar-refractivity contribution in [1.82, 2.24) is 9.71 Å². The molecule has 0 aliphatic carbocycles. The summed E-state index contributed by atoms with van der Waals surface area (Å²) in [6.07, 6.45) is 3.15. The van der Waals surface area contributed by atoms with Crippen molar-refractivity contribution in [3.63, 3.8) is 0 Å². The summed E-state index contributed by atoms with van der Waals surface area (Å²) in [4.78, 5) is 4.11. The summed E-state index contributed by atoms with van der Waals surface area (Å²) in [5.74, 6) is -0.268. The fourth-order valence-corrected chi connectivity index (χ4v) is 3.90. The second kappa shape index (κ2) is 8.52. The quantitative estimate of drug-likeness (QED) is 0.786. The average Bonchev–Trinajstić information content (AvgIpc) is 2.61. The third-order valence-corrected chi connectivity index (χ3v) is 5.20. The van der Waals surface area contributed by atoms with Gasteiger partial charge in [0, 0.05) is 36.4 Å². The number of benzene rings is 1. The van der Waals surface area contributed by atoms with E-state index in [1.165, 1.54) is 12.3 Å². The zero-order valence-corrected chi connectivity index (χ0v) is 16.3. The van der Waals surface area contributed by atoms with E-state index in [2.05, 4.69) is 9.71 Å². The van der Waals surface area contributed by atoms with Gasteiger partial charge in [-0.3, -0.25) is 4.98 Å². The Morgan fingerprint density at radius 3 is 2.85 bits per heavy atom. The van der Waals surface area contributed by atoms with E-state index in [1.807, 2.05) is 0 Å². The number of sulfonamides is 1. The van der Waals surface area contributed by atoms with E-state index in [9.17, 15) is 12.8 Å². The van der Waals surface area contributed by atoms with Crippen LogP contribution in [0.25, 0.3) is 11.3 Å². The topological polar surface area (TPSA) is 77.5 Å². The molecule has 1 saturated heterocycles. The van der Waals surface area contributed by atoms with E-state index in [-0.39, 0.29) is 18.6 Å². The molecule has 27 heavy (non-hydrogen) atoms. The lowest BCUT2D eigenvalue weighted by Gasteiger charge is -2.31.